The fourth-order valence-corrected chi connectivity index (χ4v) is 1.86. The Balaban J connectivity index is 2.08. The average Bonchev–Trinajstić information content (AvgIpc) is 2.90. The summed E-state index contributed by atoms with van der Waals surface area (Å²) >= 11 is 0. The highest BCUT2D eigenvalue weighted by atomic mass is 16.4. The largest absolute Gasteiger partial charge is 0.481 e. The molecule has 0 aliphatic rings. The van der Waals surface area contributed by atoms with Gasteiger partial charge in [-0.25, -0.2) is 0 Å². The van der Waals surface area contributed by atoms with Gasteiger partial charge in [-0.2, -0.15) is 0 Å². The van der Waals surface area contributed by atoms with Crippen LogP contribution in [0.3, 0.4) is 0 Å². The van der Waals surface area contributed by atoms with Crippen molar-refractivity contribution in [1.29, 1.82) is 0 Å². The molecule has 1 aromatic carbocycles. The zero-order chi connectivity index (χ0) is 15.5. The van der Waals surface area contributed by atoms with E-state index < -0.39 is 11.5 Å². The number of benzene rings is 1. The number of carboxylic acid groups (broad SMARTS) is 1. The number of hydrogen-bond donors (Lipinski definition) is 2. The molecule has 0 fully saturated rings. The van der Waals surface area contributed by atoms with E-state index in [1.54, 1.807) is 38.1 Å². The minimum atomic E-state index is -0.966. The summed E-state index contributed by atoms with van der Waals surface area (Å²) in [5.74, 6) is -0.932. The predicted octanol–water partition coefficient (Wildman–Crippen LogP) is 1.72. The maximum Gasteiger partial charge on any atom is 0.305 e. The van der Waals surface area contributed by atoms with Crippen LogP contribution in [-0.4, -0.2) is 32.7 Å². The smallest absolute Gasteiger partial charge is 0.305 e. The molecule has 0 radical (unpaired) electrons. The van der Waals surface area contributed by atoms with Gasteiger partial charge in [0.05, 0.1) is 6.42 Å². The minimum absolute atomic E-state index is 0.154. The highest BCUT2D eigenvalue weighted by Crippen LogP contribution is 2.17. The molecule has 2 N–H and O–H groups in total. The molecule has 0 atom stereocenters. The van der Waals surface area contributed by atoms with Crippen molar-refractivity contribution in [1.82, 2.24) is 15.5 Å². The molecular weight excluding hydrogens is 274 g/mol. The van der Waals surface area contributed by atoms with Crippen molar-refractivity contribution in [3.8, 4) is 11.5 Å². The lowest BCUT2D eigenvalue weighted by Gasteiger charge is -2.24. The van der Waals surface area contributed by atoms with E-state index in [4.69, 9.17) is 9.52 Å². The van der Waals surface area contributed by atoms with Gasteiger partial charge in [-0.3, -0.25) is 9.59 Å². The van der Waals surface area contributed by atoms with Crippen molar-refractivity contribution in [2.24, 2.45) is 0 Å². The number of carbonyl (C=O) groups excluding carboxylic acids is 1. The summed E-state index contributed by atoms with van der Waals surface area (Å²) in [5.41, 5.74) is 0.305. The lowest BCUT2D eigenvalue weighted by Crippen LogP contribution is -2.44. The van der Waals surface area contributed by atoms with Crippen molar-refractivity contribution in [3.05, 3.63) is 36.2 Å². The fraction of sp³-hybridized carbons (Fsp3) is 0.286. The summed E-state index contributed by atoms with van der Waals surface area (Å²) in [7, 11) is 0. The van der Waals surface area contributed by atoms with Crippen molar-refractivity contribution in [3.63, 3.8) is 0 Å². The summed E-state index contributed by atoms with van der Waals surface area (Å²) in [6.07, 6.45) is 1.07. The van der Waals surface area contributed by atoms with Crippen LogP contribution in [0, 0.1) is 0 Å². The number of rotatable bonds is 5. The molecule has 7 heteroatoms. The van der Waals surface area contributed by atoms with E-state index in [0.29, 0.717) is 17.0 Å². The second-order valence-corrected chi connectivity index (χ2v) is 5.23. The highest BCUT2D eigenvalue weighted by Gasteiger charge is 2.24. The van der Waals surface area contributed by atoms with E-state index >= 15 is 0 Å². The number of carboxylic acids is 1. The van der Waals surface area contributed by atoms with E-state index in [9.17, 15) is 9.59 Å². The Bertz CT molecular complexity index is 633. The van der Waals surface area contributed by atoms with Crippen molar-refractivity contribution in [2.45, 2.75) is 25.8 Å². The number of amides is 1. The molecule has 1 aromatic heterocycles. The van der Waals surface area contributed by atoms with Crippen molar-refractivity contribution >= 4 is 11.9 Å². The van der Waals surface area contributed by atoms with E-state index in [1.165, 1.54) is 6.39 Å². The van der Waals surface area contributed by atoms with Gasteiger partial charge in [0.1, 0.15) is 0 Å². The van der Waals surface area contributed by atoms with E-state index in [1.807, 2.05) is 0 Å². The molecule has 110 valence electrons. The van der Waals surface area contributed by atoms with Crippen LogP contribution in [0.4, 0.5) is 0 Å². The Labute approximate surface area is 121 Å². The van der Waals surface area contributed by atoms with Crippen LogP contribution < -0.4 is 5.32 Å². The first-order chi connectivity index (χ1) is 9.87. The van der Waals surface area contributed by atoms with E-state index in [-0.39, 0.29) is 12.3 Å². The summed E-state index contributed by atoms with van der Waals surface area (Å²) in [6.45, 7) is 3.32. The standard InChI is InChI=1S/C14H15N3O4/c1-14(2,7-11(18)19)16-12(20)9-3-5-10(6-4-9)13-17-15-8-21-13/h3-6,8H,7H2,1-2H3,(H,16,20)(H,18,19). The van der Waals surface area contributed by atoms with Gasteiger partial charge in [-0.1, -0.05) is 0 Å². The monoisotopic (exact) mass is 289 g/mol. The molecular formula is C14H15N3O4. The molecule has 7 nitrogen and oxygen atoms in total. The first-order valence-corrected chi connectivity index (χ1v) is 6.28. The molecule has 0 saturated heterocycles. The van der Waals surface area contributed by atoms with Gasteiger partial charge in [0.25, 0.3) is 5.91 Å². The van der Waals surface area contributed by atoms with Gasteiger partial charge >= 0.3 is 5.97 Å². The molecule has 1 amide bonds. The lowest BCUT2D eigenvalue weighted by molar-refractivity contribution is -0.138. The van der Waals surface area contributed by atoms with Crippen molar-refractivity contribution < 1.29 is 19.1 Å². The molecule has 0 saturated carbocycles. The van der Waals surface area contributed by atoms with Gasteiger partial charge < -0.3 is 14.8 Å². The highest BCUT2D eigenvalue weighted by molar-refractivity contribution is 5.95. The second-order valence-electron chi connectivity index (χ2n) is 5.23. The zero-order valence-electron chi connectivity index (χ0n) is 11.7. The van der Waals surface area contributed by atoms with Gasteiger partial charge in [0.2, 0.25) is 12.3 Å². The second kappa shape index (κ2) is 5.74. The topological polar surface area (TPSA) is 105 Å². The lowest BCUT2D eigenvalue weighted by atomic mass is 10.00. The third kappa shape index (κ3) is 3.88. The Morgan fingerprint density at radius 3 is 2.48 bits per heavy atom. The summed E-state index contributed by atoms with van der Waals surface area (Å²) in [5, 5.41) is 18.8. The number of hydrogen-bond acceptors (Lipinski definition) is 5. The molecule has 1 heterocycles. The summed E-state index contributed by atoms with van der Waals surface area (Å²) < 4.78 is 5.06. The third-order valence-electron chi connectivity index (χ3n) is 2.80. The maximum absolute atomic E-state index is 12.1. The van der Waals surface area contributed by atoms with Crippen LogP contribution in [0.2, 0.25) is 0 Å². The number of aliphatic carboxylic acids is 1. The van der Waals surface area contributed by atoms with Gasteiger partial charge in [-0.05, 0) is 38.1 Å². The SMILES string of the molecule is CC(C)(CC(=O)O)NC(=O)c1ccc(-c2nnco2)cc1. The van der Waals surface area contributed by atoms with Crippen LogP contribution >= 0.6 is 0 Å². The number of carbonyl (C=O) groups is 2. The first kappa shape index (κ1) is 14.7. The van der Waals surface area contributed by atoms with Crippen LogP contribution in [-0.2, 0) is 4.79 Å². The van der Waals surface area contributed by atoms with Crippen LogP contribution in [0.5, 0.6) is 0 Å². The first-order valence-electron chi connectivity index (χ1n) is 6.28. The van der Waals surface area contributed by atoms with Crippen LogP contribution in [0.15, 0.2) is 35.1 Å². The van der Waals surface area contributed by atoms with Crippen LogP contribution in [0.1, 0.15) is 30.6 Å². The zero-order valence-corrected chi connectivity index (χ0v) is 11.7. The average molecular weight is 289 g/mol. The molecule has 0 aliphatic heterocycles. The van der Waals surface area contributed by atoms with Gasteiger partial charge in [-0.15, -0.1) is 10.2 Å². The Hall–Kier alpha value is -2.70. The normalized spacial score (nSPS) is 11.1. The quantitative estimate of drug-likeness (QED) is 0.868. The molecule has 0 spiro atoms. The molecule has 2 aromatic rings. The number of aromatic nitrogens is 2. The summed E-state index contributed by atoms with van der Waals surface area (Å²) in [6, 6.07) is 6.61. The molecule has 2 rings (SSSR count). The molecule has 0 aliphatic carbocycles. The van der Waals surface area contributed by atoms with E-state index in [0.717, 1.165) is 0 Å². The van der Waals surface area contributed by atoms with Gasteiger partial charge in [0.15, 0.2) is 0 Å². The Morgan fingerprint density at radius 1 is 1.29 bits per heavy atom. The van der Waals surface area contributed by atoms with E-state index in [2.05, 4.69) is 15.5 Å². The minimum Gasteiger partial charge on any atom is -0.481 e. The van der Waals surface area contributed by atoms with Crippen LogP contribution in [0.25, 0.3) is 11.5 Å². The molecule has 0 unspecified atom stereocenters. The molecule has 0 bridgehead atoms. The third-order valence-corrected chi connectivity index (χ3v) is 2.80. The molecule has 21 heavy (non-hydrogen) atoms. The van der Waals surface area contributed by atoms with Crippen molar-refractivity contribution in [2.75, 3.05) is 0 Å². The Morgan fingerprint density at radius 2 is 1.95 bits per heavy atom. The number of nitrogens with zero attached hydrogens (tertiary/aromatic N) is 2. The summed E-state index contributed by atoms with van der Waals surface area (Å²) in [4.78, 5) is 22.8. The fourth-order valence-electron chi connectivity index (χ4n) is 1.86. The Kier molecular flexibility index (Phi) is 4.02. The predicted molar refractivity (Wildman–Crippen MR) is 73.5 cm³/mol. The van der Waals surface area contributed by atoms with Gasteiger partial charge in [0, 0.05) is 16.7 Å². The maximum atomic E-state index is 12.1. The number of nitrogens with one attached hydrogen (secondary N) is 1.